The second-order valence-electron chi connectivity index (χ2n) is 7.82. The topological polar surface area (TPSA) is 86.7 Å². The lowest BCUT2D eigenvalue weighted by atomic mass is 9.68. The number of hydrogen-bond acceptors (Lipinski definition) is 6. The maximum absolute atomic E-state index is 12.4. The van der Waals surface area contributed by atoms with Gasteiger partial charge >= 0.3 is 23.9 Å². The summed E-state index contributed by atoms with van der Waals surface area (Å²) < 4.78 is 9.79. The first-order valence-electron chi connectivity index (χ1n) is 9.55. The van der Waals surface area contributed by atoms with Crippen LogP contribution >= 0.6 is 0 Å². The molecule has 30 heavy (non-hydrogen) atoms. The van der Waals surface area contributed by atoms with E-state index in [0.717, 1.165) is 27.6 Å². The van der Waals surface area contributed by atoms with Crippen molar-refractivity contribution < 1.29 is 28.7 Å². The second-order valence-corrected chi connectivity index (χ2v) is 7.82. The molecule has 0 saturated heterocycles. The fourth-order valence-corrected chi connectivity index (χ4v) is 5.37. The smallest absolute Gasteiger partial charge is 0.346 e. The fraction of sp³-hybridized carbons (Fsp3) is 0.0833. The van der Waals surface area contributed by atoms with Gasteiger partial charge in [0.1, 0.15) is 0 Å². The number of benzene rings is 3. The van der Waals surface area contributed by atoms with Crippen LogP contribution in [-0.4, -0.2) is 23.9 Å². The highest BCUT2D eigenvalue weighted by Crippen LogP contribution is 2.54. The van der Waals surface area contributed by atoms with Crippen molar-refractivity contribution in [3.63, 3.8) is 0 Å². The number of carbonyl (C=O) groups excluding carboxylic acids is 4. The summed E-state index contributed by atoms with van der Waals surface area (Å²) in [5.41, 5.74) is 5.85. The van der Waals surface area contributed by atoms with Gasteiger partial charge in [0.2, 0.25) is 0 Å². The van der Waals surface area contributed by atoms with Crippen LogP contribution in [0.4, 0.5) is 0 Å². The van der Waals surface area contributed by atoms with Crippen molar-refractivity contribution >= 4 is 40.2 Å². The maximum atomic E-state index is 12.4. The molecule has 0 aromatic heterocycles. The molecule has 4 aliphatic rings. The van der Waals surface area contributed by atoms with Crippen LogP contribution < -0.4 is 0 Å². The Labute approximate surface area is 168 Å². The standard InChI is InChI=1S/C24H10O6/c25-21-13-5-1-9-10-2-6-15-20-16(24(28)30-23(15)27)8-4-12(18(10)20)11-3-7-14(22(26)29-21)19(13)17(9)11/h1-3,5-8,12H,4H2. The molecular weight excluding hydrogens is 384 g/mol. The Hall–Kier alpha value is -4.06. The SMILES string of the molecule is O=C1OC(=O)c2ccc3c4c2C1=CCC4c1ccc2c4c(ccc-3c14)C(=O)OC2=O. The lowest BCUT2D eigenvalue weighted by Crippen LogP contribution is -2.28. The largest absolute Gasteiger partial charge is 0.386 e. The Morgan fingerprint density at radius 3 is 2.03 bits per heavy atom. The van der Waals surface area contributed by atoms with Crippen LogP contribution in [-0.2, 0) is 14.3 Å². The van der Waals surface area contributed by atoms with Crippen LogP contribution in [0.15, 0.2) is 42.5 Å². The highest BCUT2D eigenvalue weighted by atomic mass is 16.6. The lowest BCUT2D eigenvalue weighted by molar-refractivity contribution is -0.131. The first kappa shape index (κ1) is 15.8. The highest BCUT2D eigenvalue weighted by Gasteiger charge is 2.41. The van der Waals surface area contributed by atoms with Crippen molar-refractivity contribution in [1.29, 1.82) is 0 Å². The van der Waals surface area contributed by atoms with Gasteiger partial charge in [0, 0.05) is 16.9 Å². The van der Waals surface area contributed by atoms with E-state index in [1.165, 1.54) is 0 Å². The number of fused-ring (bicyclic) bond motifs is 2. The quantitative estimate of drug-likeness (QED) is 0.426. The molecule has 6 heteroatoms. The molecular formula is C24H10O6. The molecule has 0 bridgehead atoms. The van der Waals surface area contributed by atoms with E-state index in [1.807, 2.05) is 24.3 Å². The van der Waals surface area contributed by atoms with Crippen LogP contribution in [0.1, 0.15) is 60.1 Å². The average Bonchev–Trinajstić information content (AvgIpc) is 2.74. The zero-order chi connectivity index (χ0) is 20.3. The third kappa shape index (κ3) is 1.63. The Bertz CT molecular complexity index is 1470. The van der Waals surface area contributed by atoms with Gasteiger partial charge in [0.25, 0.3) is 0 Å². The van der Waals surface area contributed by atoms with E-state index < -0.39 is 23.9 Å². The Kier molecular flexibility index (Phi) is 2.59. The average molecular weight is 394 g/mol. The summed E-state index contributed by atoms with van der Waals surface area (Å²) in [6, 6.07) is 10.6. The molecule has 142 valence electrons. The number of esters is 4. The van der Waals surface area contributed by atoms with Gasteiger partial charge in [0.05, 0.1) is 22.3 Å². The molecule has 0 saturated carbocycles. The third-order valence-electron chi connectivity index (χ3n) is 6.53. The minimum Gasteiger partial charge on any atom is -0.386 e. The number of carbonyl (C=O) groups is 4. The number of hydrogen-bond donors (Lipinski definition) is 0. The van der Waals surface area contributed by atoms with Gasteiger partial charge in [-0.1, -0.05) is 24.3 Å². The summed E-state index contributed by atoms with van der Waals surface area (Å²) in [5.74, 6) is -2.65. The number of ether oxygens (including phenoxy) is 2. The van der Waals surface area contributed by atoms with E-state index in [0.29, 0.717) is 39.6 Å². The van der Waals surface area contributed by atoms with Crippen molar-refractivity contribution in [2.75, 3.05) is 0 Å². The van der Waals surface area contributed by atoms with E-state index in [2.05, 4.69) is 0 Å². The Morgan fingerprint density at radius 2 is 1.23 bits per heavy atom. The zero-order valence-electron chi connectivity index (χ0n) is 15.3. The number of rotatable bonds is 0. The second kappa shape index (κ2) is 4.91. The molecule has 0 fully saturated rings. The van der Waals surface area contributed by atoms with Gasteiger partial charge in [-0.15, -0.1) is 0 Å². The summed E-state index contributed by atoms with van der Waals surface area (Å²) in [4.78, 5) is 49.4. The minimum absolute atomic E-state index is 0.0951. The molecule has 3 aromatic carbocycles. The molecule has 0 N–H and O–H groups in total. The van der Waals surface area contributed by atoms with E-state index >= 15 is 0 Å². The normalized spacial score (nSPS) is 19.9. The van der Waals surface area contributed by atoms with E-state index in [-0.39, 0.29) is 5.92 Å². The molecule has 2 heterocycles. The Morgan fingerprint density at radius 1 is 0.633 bits per heavy atom. The van der Waals surface area contributed by atoms with Gasteiger partial charge in [-0.05, 0) is 52.3 Å². The molecule has 6 nitrogen and oxygen atoms in total. The van der Waals surface area contributed by atoms with Crippen LogP contribution in [0.2, 0.25) is 0 Å². The monoisotopic (exact) mass is 394 g/mol. The Balaban J connectivity index is 1.66. The highest BCUT2D eigenvalue weighted by molar-refractivity contribution is 6.28. The van der Waals surface area contributed by atoms with Crippen molar-refractivity contribution in [1.82, 2.24) is 0 Å². The first-order valence-corrected chi connectivity index (χ1v) is 9.55. The maximum Gasteiger partial charge on any atom is 0.346 e. The fourth-order valence-electron chi connectivity index (χ4n) is 5.37. The van der Waals surface area contributed by atoms with Gasteiger partial charge < -0.3 is 9.47 Å². The summed E-state index contributed by atoms with van der Waals surface area (Å²) in [6.07, 6.45) is 2.37. The van der Waals surface area contributed by atoms with Crippen molar-refractivity contribution in [3.05, 3.63) is 75.9 Å². The summed E-state index contributed by atoms with van der Waals surface area (Å²) in [7, 11) is 0. The van der Waals surface area contributed by atoms with Gasteiger partial charge in [-0.3, -0.25) is 0 Å². The molecule has 0 amide bonds. The van der Waals surface area contributed by atoms with Crippen LogP contribution in [0, 0.1) is 0 Å². The lowest BCUT2D eigenvalue weighted by Gasteiger charge is -2.36. The predicted molar refractivity (Wildman–Crippen MR) is 104 cm³/mol. The first-order chi connectivity index (χ1) is 14.5. The van der Waals surface area contributed by atoms with Crippen molar-refractivity contribution in [2.24, 2.45) is 0 Å². The molecule has 1 unspecified atom stereocenters. The number of cyclic esters (lactones) is 4. The predicted octanol–water partition coefficient (Wildman–Crippen LogP) is 3.75. The molecule has 3 aromatic rings. The van der Waals surface area contributed by atoms with Gasteiger partial charge in [-0.2, -0.15) is 0 Å². The third-order valence-corrected chi connectivity index (χ3v) is 6.53. The van der Waals surface area contributed by atoms with Crippen LogP contribution in [0.5, 0.6) is 0 Å². The molecule has 1 atom stereocenters. The van der Waals surface area contributed by atoms with Crippen LogP contribution in [0.25, 0.3) is 27.5 Å². The summed E-state index contributed by atoms with van der Waals surface area (Å²) in [5, 5.41) is 1.47. The molecule has 2 aliphatic carbocycles. The van der Waals surface area contributed by atoms with Gasteiger partial charge in [0.15, 0.2) is 0 Å². The van der Waals surface area contributed by atoms with Gasteiger partial charge in [-0.25, -0.2) is 19.2 Å². The zero-order valence-corrected chi connectivity index (χ0v) is 15.3. The number of allylic oxidation sites excluding steroid dienone is 1. The molecule has 2 aliphatic heterocycles. The van der Waals surface area contributed by atoms with Crippen molar-refractivity contribution in [2.45, 2.75) is 12.3 Å². The molecule has 0 radical (unpaired) electrons. The molecule has 0 spiro atoms. The molecule has 7 rings (SSSR count). The van der Waals surface area contributed by atoms with E-state index in [1.54, 1.807) is 18.2 Å². The van der Waals surface area contributed by atoms with Crippen molar-refractivity contribution in [3.8, 4) is 11.1 Å². The van der Waals surface area contributed by atoms with E-state index in [4.69, 9.17) is 9.47 Å². The van der Waals surface area contributed by atoms with E-state index in [9.17, 15) is 19.2 Å². The summed E-state index contributed by atoms with van der Waals surface area (Å²) >= 11 is 0. The minimum atomic E-state index is -0.647. The van der Waals surface area contributed by atoms with Crippen LogP contribution in [0.3, 0.4) is 0 Å². The summed E-state index contributed by atoms with van der Waals surface area (Å²) in [6.45, 7) is 0.